The molecule has 0 radical (unpaired) electrons. The van der Waals surface area contributed by atoms with Crippen LogP contribution in [0.15, 0.2) is 36.8 Å². The summed E-state index contributed by atoms with van der Waals surface area (Å²) in [4.78, 5) is 0. The summed E-state index contributed by atoms with van der Waals surface area (Å²) >= 11 is 2.27. The van der Waals surface area contributed by atoms with Gasteiger partial charge in [-0.3, -0.25) is 9.36 Å². The molecular weight excluding hydrogens is 489 g/mol. The number of benzene rings is 1. The average molecular weight is 510 g/mol. The van der Waals surface area contributed by atoms with Crippen molar-refractivity contribution in [3.8, 4) is 0 Å². The molecule has 0 amide bonds. The highest BCUT2D eigenvalue weighted by Gasteiger charge is 2.32. The van der Waals surface area contributed by atoms with Crippen molar-refractivity contribution in [2.45, 2.75) is 25.5 Å². The molecule has 1 fully saturated rings. The fourth-order valence-electron chi connectivity index (χ4n) is 3.36. The molecule has 7 nitrogen and oxygen atoms in total. The quantitative estimate of drug-likeness (QED) is 0.432. The van der Waals surface area contributed by atoms with E-state index in [-0.39, 0.29) is 11.9 Å². The Balaban J connectivity index is 0.000000150. The minimum atomic E-state index is -0.893. The predicted octanol–water partition coefficient (Wildman–Crippen LogP) is 1.99. The van der Waals surface area contributed by atoms with Gasteiger partial charge in [0.1, 0.15) is 9.52 Å². The summed E-state index contributed by atoms with van der Waals surface area (Å²) in [5.41, 5.74) is 3.88. The zero-order chi connectivity index (χ0) is 20.5. The summed E-state index contributed by atoms with van der Waals surface area (Å²) in [6.07, 6.45) is 6.77. The normalized spacial score (nSPS) is 18.2. The van der Waals surface area contributed by atoms with E-state index in [2.05, 4.69) is 45.2 Å². The van der Waals surface area contributed by atoms with Crippen molar-refractivity contribution in [2.24, 2.45) is 7.05 Å². The lowest BCUT2D eigenvalue weighted by molar-refractivity contribution is -0.0286. The zero-order valence-electron chi connectivity index (χ0n) is 16.1. The minimum Gasteiger partial charge on any atom is -0.423 e. The number of aromatic nitrogens is 4. The summed E-state index contributed by atoms with van der Waals surface area (Å²) in [5, 5.41) is 18.0. The second-order valence-electron chi connectivity index (χ2n) is 7.22. The summed E-state index contributed by atoms with van der Waals surface area (Å²) in [7, 11) is 1.05. The Hall–Kier alpha value is -1.76. The molecule has 5 rings (SSSR count). The van der Waals surface area contributed by atoms with Gasteiger partial charge < -0.3 is 14.4 Å². The Kier molecular flexibility index (Phi) is 6.04. The molecule has 29 heavy (non-hydrogen) atoms. The van der Waals surface area contributed by atoms with E-state index in [0.29, 0.717) is 11.5 Å². The molecule has 10 heteroatoms. The molecule has 4 heterocycles. The Bertz CT molecular complexity index is 1010. The van der Waals surface area contributed by atoms with Crippen molar-refractivity contribution in [2.75, 3.05) is 13.2 Å². The van der Waals surface area contributed by atoms with Gasteiger partial charge in [-0.25, -0.2) is 4.39 Å². The van der Waals surface area contributed by atoms with E-state index in [1.54, 1.807) is 13.0 Å². The maximum absolute atomic E-state index is 12.7. The number of aryl methyl sites for hydroxylation is 1. The first-order valence-corrected chi connectivity index (χ1v) is 10.4. The molecule has 0 saturated carbocycles. The maximum atomic E-state index is 12.7. The first-order valence-electron chi connectivity index (χ1n) is 9.32. The van der Waals surface area contributed by atoms with Gasteiger partial charge in [-0.15, -0.1) is 0 Å². The molecule has 0 spiro atoms. The van der Waals surface area contributed by atoms with Gasteiger partial charge in [-0.2, -0.15) is 10.2 Å². The molecule has 1 saturated heterocycles. The molecular formula is C19H21BFIN4O3. The van der Waals surface area contributed by atoms with Gasteiger partial charge in [0.15, 0.2) is 0 Å². The van der Waals surface area contributed by atoms with E-state index in [4.69, 9.17) is 9.39 Å². The number of ether oxygens (including phenoxy) is 1. The van der Waals surface area contributed by atoms with Crippen LogP contribution in [0.4, 0.5) is 4.39 Å². The molecule has 0 unspecified atom stereocenters. The second-order valence-corrected chi connectivity index (χ2v) is 8.24. The van der Waals surface area contributed by atoms with E-state index in [9.17, 15) is 9.41 Å². The van der Waals surface area contributed by atoms with Gasteiger partial charge in [0, 0.05) is 31.4 Å². The first-order chi connectivity index (χ1) is 13.9. The van der Waals surface area contributed by atoms with Crippen LogP contribution < -0.4 is 5.46 Å². The highest BCUT2D eigenvalue weighted by atomic mass is 127. The van der Waals surface area contributed by atoms with Crippen molar-refractivity contribution < 1.29 is 18.8 Å². The number of fused-ring (bicyclic) bond motifs is 1. The SMILES string of the molecule is C[C@H]1OB(O)c2ccc(F)cc21.Cn1cc(Cc2cnn(C3COC3)c2)c(I)n1. The summed E-state index contributed by atoms with van der Waals surface area (Å²) in [6, 6.07) is 4.70. The largest absolute Gasteiger partial charge is 0.491 e. The Morgan fingerprint density at radius 1 is 1.34 bits per heavy atom. The molecule has 3 aromatic rings. The fraction of sp³-hybridized carbons (Fsp3) is 0.368. The fourth-order valence-corrected chi connectivity index (χ4v) is 4.03. The van der Waals surface area contributed by atoms with Crippen LogP contribution in [0.25, 0.3) is 0 Å². The molecule has 2 aliphatic heterocycles. The van der Waals surface area contributed by atoms with Gasteiger partial charge >= 0.3 is 7.12 Å². The molecule has 1 atom stereocenters. The van der Waals surface area contributed by atoms with E-state index < -0.39 is 7.12 Å². The third-order valence-electron chi connectivity index (χ3n) is 4.98. The lowest BCUT2D eigenvalue weighted by Crippen LogP contribution is -2.30. The van der Waals surface area contributed by atoms with Crippen LogP contribution in [-0.2, 0) is 22.9 Å². The monoisotopic (exact) mass is 510 g/mol. The smallest absolute Gasteiger partial charge is 0.423 e. The zero-order valence-corrected chi connectivity index (χ0v) is 18.3. The molecule has 0 bridgehead atoms. The molecule has 2 aliphatic rings. The second kappa shape index (κ2) is 8.54. The van der Waals surface area contributed by atoms with Gasteiger partial charge in [-0.1, -0.05) is 6.07 Å². The van der Waals surface area contributed by atoms with Gasteiger partial charge in [0.2, 0.25) is 0 Å². The van der Waals surface area contributed by atoms with Crippen LogP contribution in [0.3, 0.4) is 0 Å². The van der Waals surface area contributed by atoms with E-state index in [1.165, 1.54) is 23.3 Å². The molecule has 1 N–H and O–H groups in total. The van der Waals surface area contributed by atoms with Crippen LogP contribution >= 0.6 is 22.6 Å². The Morgan fingerprint density at radius 3 is 2.79 bits per heavy atom. The highest BCUT2D eigenvalue weighted by molar-refractivity contribution is 14.1. The molecule has 2 aromatic heterocycles. The average Bonchev–Trinajstić information content (AvgIpc) is 3.27. The van der Waals surface area contributed by atoms with Crippen LogP contribution in [0, 0.1) is 9.52 Å². The first kappa shape index (κ1) is 20.5. The highest BCUT2D eigenvalue weighted by Crippen LogP contribution is 2.23. The molecule has 0 aliphatic carbocycles. The van der Waals surface area contributed by atoms with Crippen LogP contribution in [-0.4, -0.2) is 44.9 Å². The van der Waals surface area contributed by atoms with Crippen molar-refractivity contribution in [1.29, 1.82) is 0 Å². The topological polar surface area (TPSA) is 74.3 Å². The van der Waals surface area contributed by atoms with E-state index >= 15 is 0 Å². The van der Waals surface area contributed by atoms with Crippen molar-refractivity contribution in [1.82, 2.24) is 19.6 Å². The van der Waals surface area contributed by atoms with Gasteiger partial charge in [0.25, 0.3) is 0 Å². The van der Waals surface area contributed by atoms with Gasteiger partial charge in [0.05, 0.1) is 31.6 Å². The lowest BCUT2D eigenvalue weighted by Gasteiger charge is -2.25. The summed E-state index contributed by atoms with van der Waals surface area (Å²) < 4.78 is 27.9. The number of hydrogen-bond acceptors (Lipinski definition) is 5. The van der Waals surface area contributed by atoms with Crippen molar-refractivity contribution >= 4 is 35.2 Å². The molecule has 1 aromatic carbocycles. The van der Waals surface area contributed by atoms with E-state index in [1.807, 2.05) is 22.6 Å². The number of rotatable bonds is 3. The summed E-state index contributed by atoms with van der Waals surface area (Å²) in [5.74, 6) is -0.293. The molecule has 152 valence electrons. The maximum Gasteiger partial charge on any atom is 0.491 e. The predicted molar refractivity (Wildman–Crippen MR) is 114 cm³/mol. The van der Waals surface area contributed by atoms with Crippen LogP contribution in [0.1, 0.15) is 35.8 Å². The van der Waals surface area contributed by atoms with Crippen molar-refractivity contribution in [3.63, 3.8) is 0 Å². The van der Waals surface area contributed by atoms with Crippen molar-refractivity contribution in [3.05, 3.63) is 63.0 Å². The summed E-state index contributed by atoms with van der Waals surface area (Å²) in [6.45, 7) is 3.35. The van der Waals surface area contributed by atoms with Crippen LogP contribution in [0.2, 0.25) is 0 Å². The lowest BCUT2D eigenvalue weighted by atomic mass is 9.79. The third-order valence-corrected chi connectivity index (χ3v) is 5.89. The number of hydrogen-bond donors (Lipinski definition) is 1. The minimum absolute atomic E-state index is 0.217. The van der Waals surface area contributed by atoms with Crippen LogP contribution in [0.5, 0.6) is 0 Å². The standard InChI is InChI=1S/C11H13IN4O.C8H8BFO2/c1-15-5-9(11(12)14-15)2-8-3-13-16(4-8)10-6-17-7-10;1-5-7-4-6(10)2-3-8(7)9(11)12-5/h3-5,10H,2,6-7H2,1H3;2-5,11H,1H3/t;5-/m.1/s1. The Labute approximate surface area is 182 Å². The van der Waals surface area contributed by atoms with E-state index in [0.717, 1.165) is 28.9 Å². The number of halogens is 2. The Morgan fingerprint density at radius 2 is 2.14 bits per heavy atom. The third kappa shape index (κ3) is 4.55. The number of nitrogens with zero attached hydrogens (tertiary/aromatic N) is 4. The van der Waals surface area contributed by atoms with Gasteiger partial charge in [-0.05, 0) is 58.2 Å².